The predicted molar refractivity (Wildman–Crippen MR) is 92.0 cm³/mol. The average Bonchev–Trinajstić information content (AvgIpc) is 2.87. The van der Waals surface area contributed by atoms with Crippen molar-refractivity contribution in [2.75, 3.05) is 12.4 Å². The van der Waals surface area contributed by atoms with E-state index >= 15 is 0 Å². The number of methoxy groups -OCH3 is 1. The van der Waals surface area contributed by atoms with Gasteiger partial charge in [0.2, 0.25) is 0 Å². The lowest BCUT2D eigenvalue weighted by molar-refractivity contribution is 0.412. The largest absolute Gasteiger partial charge is 0.496 e. The first kappa shape index (κ1) is 14.8. The summed E-state index contributed by atoms with van der Waals surface area (Å²) in [6, 6.07) is 4.02. The number of nitrogens with zero attached hydrogens (tertiary/aromatic N) is 3. The van der Waals surface area contributed by atoms with Gasteiger partial charge in [0.25, 0.3) is 0 Å². The third kappa shape index (κ3) is 2.33. The minimum absolute atomic E-state index is 0.832. The molecular weight excluding hydrogens is 344 g/mol. The first-order valence-electron chi connectivity index (χ1n) is 6.89. The minimum Gasteiger partial charge on any atom is -0.496 e. The second-order valence-corrected chi connectivity index (χ2v) is 6.07. The highest BCUT2D eigenvalue weighted by Crippen LogP contribution is 2.36. The molecule has 0 aliphatic heterocycles. The van der Waals surface area contributed by atoms with E-state index in [9.17, 15) is 0 Å². The van der Waals surface area contributed by atoms with E-state index in [-0.39, 0.29) is 0 Å². The number of imidazole rings is 1. The molecule has 0 radical (unpaired) electrons. The first-order chi connectivity index (χ1) is 10.5. The lowest BCUT2D eigenvalue weighted by Gasteiger charge is -2.16. The molecule has 0 bridgehead atoms. The number of pyridine rings is 1. The van der Waals surface area contributed by atoms with Gasteiger partial charge in [-0.05, 0) is 41.4 Å². The van der Waals surface area contributed by atoms with Crippen molar-refractivity contribution in [3.63, 3.8) is 0 Å². The molecule has 2 heterocycles. The maximum absolute atomic E-state index is 5.42. The van der Waals surface area contributed by atoms with E-state index in [2.05, 4.69) is 38.1 Å². The number of ether oxygens (including phenoxy) is 1. The summed E-state index contributed by atoms with van der Waals surface area (Å²) in [7, 11) is 3.61. The fourth-order valence-corrected chi connectivity index (χ4v) is 2.92. The van der Waals surface area contributed by atoms with Crippen molar-refractivity contribution >= 4 is 38.5 Å². The van der Waals surface area contributed by atoms with Crippen LogP contribution in [0.3, 0.4) is 0 Å². The number of nitrogens with one attached hydrogen (secondary N) is 1. The third-order valence-corrected chi connectivity index (χ3v) is 4.38. The zero-order valence-electron chi connectivity index (χ0n) is 12.9. The van der Waals surface area contributed by atoms with Crippen molar-refractivity contribution in [1.82, 2.24) is 14.5 Å². The van der Waals surface area contributed by atoms with E-state index in [1.54, 1.807) is 19.6 Å². The van der Waals surface area contributed by atoms with Crippen LogP contribution in [-0.2, 0) is 7.05 Å². The Kier molecular flexibility index (Phi) is 3.78. The van der Waals surface area contributed by atoms with Crippen LogP contribution in [0.25, 0.3) is 11.2 Å². The summed E-state index contributed by atoms with van der Waals surface area (Å²) >= 11 is 3.56. The highest BCUT2D eigenvalue weighted by Gasteiger charge is 2.15. The fraction of sp³-hybridized carbons (Fsp3) is 0.250. The van der Waals surface area contributed by atoms with Crippen LogP contribution >= 0.6 is 15.9 Å². The molecule has 0 spiro atoms. The van der Waals surface area contributed by atoms with Crippen molar-refractivity contribution < 1.29 is 4.74 Å². The summed E-state index contributed by atoms with van der Waals surface area (Å²) in [6.07, 6.45) is 3.55. The number of aromatic nitrogens is 3. The molecule has 6 heteroatoms. The number of benzene rings is 1. The Hall–Kier alpha value is -2.08. The van der Waals surface area contributed by atoms with E-state index in [1.807, 2.05) is 30.7 Å². The topological polar surface area (TPSA) is 52.0 Å². The number of halogens is 1. The monoisotopic (exact) mass is 360 g/mol. The van der Waals surface area contributed by atoms with E-state index in [0.29, 0.717) is 0 Å². The normalized spacial score (nSPS) is 11.0. The van der Waals surface area contributed by atoms with Gasteiger partial charge in [0.15, 0.2) is 5.65 Å². The van der Waals surface area contributed by atoms with Crippen molar-refractivity contribution in [3.05, 3.63) is 40.3 Å². The number of hydrogen-bond acceptors (Lipinski definition) is 4. The van der Waals surface area contributed by atoms with Crippen molar-refractivity contribution in [3.8, 4) is 5.75 Å². The minimum atomic E-state index is 0.832. The zero-order chi connectivity index (χ0) is 15.9. The highest BCUT2D eigenvalue weighted by molar-refractivity contribution is 9.10. The summed E-state index contributed by atoms with van der Waals surface area (Å²) < 4.78 is 8.19. The Labute approximate surface area is 137 Å². The number of rotatable bonds is 3. The molecule has 5 nitrogen and oxygen atoms in total. The van der Waals surface area contributed by atoms with Gasteiger partial charge in [0, 0.05) is 24.5 Å². The highest BCUT2D eigenvalue weighted by atomic mass is 79.9. The Morgan fingerprint density at radius 1 is 1.18 bits per heavy atom. The molecule has 1 aromatic carbocycles. The van der Waals surface area contributed by atoms with Crippen molar-refractivity contribution in [2.45, 2.75) is 13.8 Å². The number of anilines is 2. The van der Waals surface area contributed by atoms with Crippen LogP contribution in [0, 0.1) is 13.8 Å². The van der Waals surface area contributed by atoms with Crippen molar-refractivity contribution in [2.24, 2.45) is 7.05 Å². The summed E-state index contributed by atoms with van der Waals surface area (Å²) in [5.41, 5.74) is 5.81. The Morgan fingerprint density at radius 2 is 1.95 bits per heavy atom. The predicted octanol–water partition coefficient (Wildman–Crippen LogP) is 4.10. The van der Waals surface area contributed by atoms with Crippen molar-refractivity contribution in [1.29, 1.82) is 0 Å². The summed E-state index contributed by atoms with van der Waals surface area (Å²) in [5.74, 6) is 0.857. The molecule has 0 saturated heterocycles. The smallest absolute Gasteiger partial charge is 0.161 e. The molecule has 0 amide bonds. The zero-order valence-corrected chi connectivity index (χ0v) is 14.5. The Morgan fingerprint density at radius 3 is 2.68 bits per heavy atom. The molecule has 0 aliphatic carbocycles. The fourth-order valence-electron chi connectivity index (χ4n) is 2.53. The standard InChI is InChI=1S/C16H17BrN4O/c1-9-5-6-12(22-4)10(2)13(9)20-14-11(17)7-18-16-15(14)19-8-21(16)3/h5-8H,1-4H3,(H,18,20). The molecule has 0 unspecified atom stereocenters. The van der Waals surface area contributed by atoms with Crippen LogP contribution in [-0.4, -0.2) is 21.6 Å². The molecule has 3 rings (SSSR count). The molecule has 22 heavy (non-hydrogen) atoms. The third-order valence-electron chi connectivity index (χ3n) is 3.78. The van der Waals surface area contributed by atoms with Crippen LogP contribution in [0.1, 0.15) is 11.1 Å². The molecular formula is C16H17BrN4O. The maximum atomic E-state index is 5.42. The van der Waals surface area contributed by atoms with Gasteiger partial charge < -0.3 is 14.6 Å². The van der Waals surface area contributed by atoms with E-state index in [4.69, 9.17) is 4.74 Å². The van der Waals surface area contributed by atoms with Gasteiger partial charge in [0.05, 0.1) is 23.6 Å². The molecule has 1 N–H and O–H groups in total. The van der Waals surface area contributed by atoms with E-state index < -0.39 is 0 Å². The average molecular weight is 361 g/mol. The molecule has 0 fully saturated rings. The van der Waals surface area contributed by atoms with Gasteiger partial charge in [-0.3, -0.25) is 0 Å². The second kappa shape index (κ2) is 5.61. The van der Waals surface area contributed by atoms with Gasteiger partial charge in [-0.15, -0.1) is 0 Å². The summed E-state index contributed by atoms with van der Waals surface area (Å²) in [5, 5.41) is 3.50. The van der Waals surface area contributed by atoms with Crippen LogP contribution in [0.4, 0.5) is 11.4 Å². The van der Waals surface area contributed by atoms with Gasteiger partial charge >= 0.3 is 0 Å². The van der Waals surface area contributed by atoms with E-state index in [0.717, 1.165) is 43.9 Å². The Bertz CT molecular complexity index is 857. The SMILES string of the molecule is COc1ccc(C)c(Nc2c(Br)cnc3c2ncn3C)c1C. The van der Waals surface area contributed by atoms with Crippen LogP contribution < -0.4 is 10.1 Å². The maximum Gasteiger partial charge on any atom is 0.161 e. The molecule has 0 aliphatic rings. The summed E-state index contributed by atoms with van der Waals surface area (Å²) in [4.78, 5) is 8.86. The number of fused-ring (bicyclic) bond motifs is 1. The second-order valence-electron chi connectivity index (χ2n) is 5.22. The van der Waals surface area contributed by atoms with E-state index in [1.165, 1.54) is 0 Å². The molecule has 114 valence electrons. The molecule has 3 aromatic rings. The quantitative estimate of drug-likeness (QED) is 0.763. The van der Waals surface area contributed by atoms with Gasteiger partial charge in [-0.1, -0.05) is 6.07 Å². The Balaban J connectivity index is 2.17. The van der Waals surface area contributed by atoms with Gasteiger partial charge in [-0.2, -0.15) is 0 Å². The van der Waals surface area contributed by atoms with Crippen LogP contribution in [0.5, 0.6) is 5.75 Å². The lowest BCUT2D eigenvalue weighted by Crippen LogP contribution is -2.01. The lowest BCUT2D eigenvalue weighted by atomic mass is 10.1. The number of aryl methyl sites for hydroxylation is 2. The first-order valence-corrected chi connectivity index (χ1v) is 7.69. The van der Waals surface area contributed by atoms with Crippen LogP contribution in [0.2, 0.25) is 0 Å². The molecule has 0 atom stereocenters. The number of hydrogen-bond donors (Lipinski definition) is 1. The van der Waals surface area contributed by atoms with Gasteiger partial charge in [-0.25, -0.2) is 9.97 Å². The van der Waals surface area contributed by atoms with Crippen LogP contribution in [0.15, 0.2) is 29.1 Å². The molecule has 2 aromatic heterocycles. The van der Waals surface area contributed by atoms with Gasteiger partial charge in [0.1, 0.15) is 11.3 Å². The molecule has 0 saturated carbocycles. The summed E-state index contributed by atoms with van der Waals surface area (Å²) in [6.45, 7) is 4.11.